The van der Waals surface area contributed by atoms with Crippen LogP contribution >= 0.6 is 0 Å². The summed E-state index contributed by atoms with van der Waals surface area (Å²) in [6.07, 6.45) is 2.91. The van der Waals surface area contributed by atoms with E-state index < -0.39 is 0 Å². The molecule has 148 valence electrons. The Morgan fingerprint density at radius 2 is 1.28 bits per heavy atom. The van der Waals surface area contributed by atoms with Gasteiger partial charge in [-0.3, -0.25) is 14.6 Å². The SMILES string of the molecule is Cc1cc(C)c(NC(=O)c2cncc(C(=O)Nc3ccc(C)c(C)c3)c2)c(C)c1. The van der Waals surface area contributed by atoms with Crippen molar-refractivity contribution in [1.29, 1.82) is 0 Å². The number of aryl methyl sites for hydroxylation is 5. The summed E-state index contributed by atoms with van der Waals surface area (Å²) >= 11 is 0. The third-order valence-electron chi connectivity index (χ3n) is 4.94. The molecule has 3 rings (SSSR count). The summed E-state index contributed by atoms with van der Waals surface area (Å²) in [6.45, 7) is 9.95. The molecule has 5 nitrogen and oxygen atoms in total. The van der Waals surface area contributed by atoms with E-state index >= 15 is 0 Å². The lowest BCUT2D eigenvalue weighted by Crippen LogP contribution is -2.17. The summed E-state index contributed by atoms with van der Waals surface area (Å²) in [4.78, 5) is 29.4. The number of nitrogens with one attached hydrogen (secondary N) is 2. The van der Waals surface area contributed by atoms with Gasteiger partial charge in [0.2, 0.25) is 0 Å². The number of carbonyl (C=O) groups is 2. The zero-order chi connectivity index (χ0) is 21.1. The highest BCUT2D eigenvalue weighted by Gasteiger charge is 2.14. The molecule has 2 aromatic carbocycles. The summed E-state index contributed by atoms with van der Waals surface area (Å²) in [6, 6.07) is 11.3. The van der Waals surface area contributed by atoms with Crippen LogP contribution in [0, 0.1) is 34.6 Å². The fourth-order valence-corrected chi connectivity index (χ4v) is 3.27. The summed E-state index contributed by atoms with van der Waals surface area (Å²) in [5.41, 5.74) is 7.53. The Morgan fingerprint density at radius 1 is 0.690 bits per heavy atom. The molecule has 0 aliphatic heterocycles. The number of benzene rings is 2. The minimum absolute atomic E-state index is 0.298. The number of nitrogens with zero attached hydrogens (tertiary/aromatic N) is 1. The predicted octanol–water partition coefficient (Wildman–Crippen LogP) is 5.13. The molecule has 0 bridgehead atoms. The number of hydrogen-bond acceptors (Lipinski definition) is 3. The first kappa shape index (κ1) is 20.3. The van der Waals surface area contributed by atoms with E-state index in [9.17, 15) is 9.59 Å². The molecule has 0 saturated heterocycles. The van der Waals surface area contributed by atoms with Crippen molar-refractivity contribution in [3.63, 3.8) is 0 Å². The van der Waals surface area contributed by atoms with Crippen LogP contribution in [0.1, 0.15) is 48.5 Å². The standard InChI is InChI=1S/C24H25N3O2/c1-14-8-17(4)22(18(5)9-14)27-24(29)20-11-19(12-25-13-20)23(28)26-21-7-6-15(2)16(3)10-21/h6-13H,1-5H3,(H,26,28)(H,27,29). The maximum Gasteiger partial charge on any atom is 0.257 e. The lowest BCUT2D eigenvalue weighted by Gasteiger charge is -2.13. The van der Waals surface area contributed by atoms with Gasteiger partial charge < -0.3 is 10.6 Å². The second-order valence-corrected chi connectivity index (χ2v) is 7.44. The first-order valence-electron chi connectivity index (χ1n) is 9.47. The Bertz CT molecular complexity index is 1080. The smallest absolute Gasteiger partial charge is 0.257 e. The normalized spacial score (nSPS) is 10.5. The number of carbonyl (C=O) groups excluding carboxylic acids is 2. The Balaban J connectivity index is 1.79. The summed E-state index contributed by atoms with van der Waals surface area (Å²) in [5, 5.41) is 5.80. The molecule has 0 spiro atoms. The summed E-state index contributed by atoms with van der Waals surface area (Å²) < 4.78 is 0. The van der Waals surface area contributed by atoms with Crippen molar-refractivity contribution in [2.24, 2.45) is 0 Å². The van der Waals surface area contributed by atoms with Crippen molar-refractivity contribution in [3.8, 4) is 0 Å². The summed E-state index contributed by atoms with van der Waals surface area (Å²) in [7, 11) is 0. The molecule has 29 heavy (non-hydrogen) atoms. The third kappa shape index (κ3) is 4.69. The molecule has 0 atom stereocenters. The highest BCUT2D eigenvalue weighted by molar-refractivity contribution is 6.08. The molecule has 0 unspecified atom stereocenters. The quantitative estimate of drug-likeness (QED) is 0.652. The topological polar surface area (TPSA) is 71.1 Å². The maximum atomic E-state index is 12.7. The molecule has 0 radical (unpaired) electrons. The Morgan fingerprint density at radius 3 is 1.86 bits per heavy atom. The van der Waals surface area contributed by atoms with Crippen LogP contribution in [-0.4, -0.2) is 16.8 Å². The molecule has 0 saturated carbocycles. The minimum atomic E-state index is -0.307. The van der Waals surface area contributed by atoms with Crippen molar-refractivity contribution in [2.45, 2.75) is 34.6 Å². The molecule has 3 aromatic rings. The third-order valence-corrected chi connectivity index (χ3v) is 4.94. The molecule has 5 heteroatoms. The largest absolute Gasteiger partial charge is 0.322 e. The van der Waals surface area contributed by atoms with Crippen LogP contribution in [0.4, 0.5) is 11.4 Å². The van der Waals surface area contributed by atoms with Gasteiger partial charge in [0, 0.05) is 23.8 Å². The Labute approximate surface area is 171 Å². The van der Waals surface area contributed by atoms with Crippen molar-refractivity contribution in [3.05, 3.63) is 87.7 Å². The van der Waals surface area contributed by atoms with Crippen molar-refractivity contribution in [1.82, 2.24) is 4.98 Å². The van der Waals surface area contributed by atoms with Gasteiger partial charge in [-0.25, -0.2) is 0 Å². The van der Waals surface area contributed by atoms with E-state index in [0.29, 0.717) is 16.8 Å². The lowest BCUT2D eigenvalue weighted by atomic mass is 10.0. The van der Waals surface area contributed by atoms with Crippen LogP contribution in [0.2, 0.25) is 0 Å². The highest BCUT2D eigenvalue weighted by Crippen LogP contribution is 2.23. The number of anilines is 2. The van der Waals surface area contributed by atoms with Crippen LogP contribution < -0.4 is 10.6 Å². The van der Waals surface area contributed by atoms with Crippen molar-refractivity contribution < 1.29 is 9.59 Å². The molecule has 1 aromatic heterocycles. The summed E-state index contributed by atoms with van der Waals surface area (Å²) in [5.74, 6) is -0.605. The molecule has 2 N–H and O–H groups in total. The van der Waals surface area contributed by atoms with Crippen LogP contribution in [0.3, 0.4) is 0 Å². The van der Waals surface area contributed by atoms with Crippen molar-refractivity contribution in [2.75, 3.05) is 10.6 Å². The molecule has 0 aliphatic carbocycles. The van der Waals surface area contributed by atoms with E-state index in [-0.39, 0.29) is 11.8 Å². The van der Waals surface area contributed by atoms with Gasteiger partial charge in [-0.15, -0.1) is 0 Å². The molecule has 1 heterocycles. The number of amides is 2. The lowest BCUT2D eigenvalue weighted by molar-refractivity contribution is 0.102. The number of aromatic nitrogens is 1. The van der Waals surface area contributed by atoms with E-state index in [1.165, 1.54) is 12.4 Å². The zero-order valence-electron chi connectivity index (χ0n) is 17.4. The van der Waals surface area contributed by atoms with E-state index in [0.717, 1.165) is 33.5 Å². The van der Waals surface area contributed by atoms with Gasteiger partial charge in [-0.05, 0) is 75.1 Å². The van der Waals surface area contributed by atoms with Gasteiger partial charge in [0.25, 0.3) is 11.8 Å². The fraction of sp³-hybridized carbons (Fsp3) is 0.208. The average Bonchev–Trinajstić information content (AvgIpc) is 2.67. The van der Waals surface area contributed by atoms with E-state index in [2.05, 4.69) is 15.6 Å². The van der Waals surface area contributed by atoms with Crippen LogP contribution in [0.15, 0.2) is 48.8 Å². The first-order valence-corrected chi connectivity index (χ1v) is 9.47. The van der Waals surface area contributed by atoms with Crippen LogP contribution in [0.5, 0.6) is 0 Å². The number of pyridine rings is 1. The van der Waals surface area contributed by atoms with Gasteiger partial charge in [0.1, 0.15) is 0 Å². The molecule has 0 aliphatic rings. The van der Waals surface area contributed by atoms with E-state index in [1.807, 2.05) is 65.0 Å². The van der Waals surface area contributed by atoms with Gasteiger partial charge >= 0.3 is 0 Å². The van der Waals surface area contributed by atoms with Crippen molar-refractivity contribution >= 4 is 23.2 Å². The fourth-order valence-electron chi connectivity index (χ4n) is 3.27. The van der Waals surface area contributed by atoms with Crippen LogP contribution in [-0.2, 0) is 0 Å². The number of rotatable bonds is 4. The van der Waals surface area contributed by atoms with Gasteiger partial charge in [-0.1, -0.05) is 23.8 Å². The Hall–Kier alpha value is -3.47. The van der Waals surface area contributed by atoms with Crippen LogP contribution in [0.25, 0.3) is 0 Å². The van der Waals surface area contributed by atoms with E-state index in [1.54, 1.807) is 6.07 Å². The zero-order valence-corrected chi connectivity index (χ0v) is 17.4. The monoisotopic (exact) mass is 387 g/mol. The molecular weight excluding hydrogens is 362 g/mol. The van der Waals surface area contributed by atoms with Gasteiger partial charge in [0.15, 0.2) is 0 Å². The minimum Gasteiger partial charge on any atom is -0.322 e. The molecule has 2 amide bonds. The second-order valence-electron chi connectivity index (χ2n) is 7.44. The predicted molar refractivity (Wildman–Crippen MR) is 117 cm³/mol. The van der Waals surface area contributed by atoms with Gasteiger partial charge in [0.05, 0.1) is 11.1 Å². The average molecular weight is 387 g/mol. The maximum absolute atomic E-state index is 12.7. The molecule has 0 fully saturated rings. The molecular formula is C24H25N3O2. The van der Waals surface area contributed by atoms with E-state index in [4.69, 9.17) is 0 Å². The number of hydrogen-bond donors (Lipinski definition) is 2. The first-order chi connectivity index (χ1) is 13.7. The highest BCUT2D eigenvalue weighted by atomic mass is 16.2. The second kappa shape index (κ2) is 8.27. The Kier molecular flexibility index (Phi) is 5.78. The van der Waals surface area contributed by atoms with Gasteiger partial charge in [-0.2, -0.15) is 0 Å².